The number of aromatic amines is 1. The molecule has 100 valence electrons. The summed E-state index contributed by atoms with van der Waals surface area (Å²) in [6.45, 7) is 1.88. The van der Waals surface area contributed by atoms with Crippen molar-refractivity contribution in [3.63, 3.8) is 0 Å². The van der Waals surface area contributed by atoms with Crippen molar-refractivity contribution in [2.75, 3.05) is 0 Å². The number of rotatable bonds is 2. The van der Waals surface area contributed by atoms with Crippen LogP contribution >= 0.6 is 15.9 Å². The maximum absolute atomic E-state index is 12.5. The number of fused-ring (bicyclic) bond motifs is 1. The second-order valence-corrected chi connectivity index (χ2v) is 5.43. The summed E-state index contributed by atoms with van der Waals surface area (Å²) in [6.07, 6.45) is 0. The highest BCUT2D eigenvalue weighted by molar-refractivity contribution is 9.10. The van der Waals surface area contributed by atoms with Crippen LogP contribution in [0.5, 0.6) is 0 Å². The fourth-order valence-electron chi connectivity index (χ4n) is 2.08. The molecule has 1 heterocycles. The molecule has 0 fully saturated rings. The molecule has 0 bridgehead atoms. The van der Waals surface area contributed by atoms with E-state index >= 15 is 0 Å². The number of hydrogen-bond donors (Lipinski definition) is 1. The highest BCUT2D eigenvalue weighted by Gasteiger charge is 2.14. The van der Waals surface area contributed by atoms with E-state index in [4.69, 9.17) is 4.42 Å². The van der Waals surface area contributed by atoms with Gasteiger partial charge in [-0.3, -0.25) is 9.78 Å². The van der Waals surface area contributed by atoms with Gasteiger partial charge in [-0.25, -0.2) is 4.79 Å². The van der Waals surface area contributed by atoms with Gasteiger partial charge < -0.3 is 4.42 Å². The van der Waals surface area contributed by atoms with Crippen LogP contribution in [0, 0.1) is 6.92 Å². The van der Waals surface area contributed by atoms with Crippen LogP contribution in [-0.2, 0) is 0 Å². The molecule has 0 spiro atoms. The van der Waals surface area contributed by atoms with E-state index in [1.807, 2.05) is 19.1 Å². The Hall–Kier alpha value is -2.14. The summed E-state index contributed by atoms with van der Waals surface area (Å²) in [5.41, 5.74) is 2.97. The number of aromatic nitrogens is 1. The van der Waals surface area contributed by atoms with E-state index in [0.717, 1.165) is 10.0 Å². The Labute approximate surface area is 122 Å². The van der Waals surface area contributed by atoms with Crippen molar-refractivity contribution in [2.24, 2.45) is 0 Å². The second-order valence-electron chi connectivity index (χ2n) is 4.51. The first-order valence-electron chi connectivity index (χ1n) is 5.98. The van der Waals surface area contributed by atoms with E-state index in [2.05, 4.69) is 20.9 Å². The molecular formula is C15H10BrNO3. The fourth-order valence-corrected chi connectivity index (χ4v) is 2.44. The number of halogens is 1. The topological polar surface area (TPSA) is 63.1 Å². The minimum Gasteiger partial charge on any atom is -0.408 e. The Balaban J connectivity index is 2.12. The average Bonchev–Trinajstić information content (AvgIpc) is 2.79. The maximum Gasteiger partial charge on any atom is 0.417 e. The van der Waals surface area contributed by atoms with E-state index in [1.54, 1.807) is 24.3 Å². The number of H-pyrrole nitrogens is 1. The fraction of sp³-hybridized carbons (Fsp3) is 0.0667. The third-order valence-corrected chi connectivity index (χ3v) is 3.62. The van der Waals surface area contributed by atoms with Crippen molar-refractivity contribution in [2.45, 2.75) is 6.92 Å². The van der Waals surface area contributed by atoms with E-state index in [9.17, 15) is 9.59 Å². The molecule has 0 unspecified atom stereocenters. The number of ketones is 1. The van der Waals surface area contributed by atoms with Gasteiger partial charge in [0.25, 0.3) is 0 Å². The third-order valence-electron chi connectivity index (χ3n) is 3.13. The maximum atomic E-state index is 12.5. The summed E-state index contributed by atoms with van der Waals surface area (Å²) in [4.78, 5) is 26.2. The molecule has 0 saturated carbocycles. The largest absolute Gasteiger partial charge is 0.417 e. The van der Waals surface area contributed by atoms with Gasteiger partial charge in [-0.05, 0) is 42.8 Å². The van der Waals surface area contributed by atoms with Crippen LogP contribution in [0.2, 0.25) is 0 Å². The number of hydrogen-bond acceptors (Lipinski definition) is 3. The molecule has 0 amide bonds. The molecule has 1 aromatic heterocycles. The molecule has 0 saturated heterocycles. The summed E-state index contributed by atoms with van der Waals surface area (Å²) in [6, 6.07) is 10.5. The zero-order valence-electron chi connectivity index (χ0n) is 10.6. The van der Waals surface area contributed by atoms with Crippen LogP contribution < -0.4 is 5.76 Å². The Kier molecular flexibility index (Phi) is 3.06. The summed E-state index contributed by atoms with van der Waals surface area (Å²) >= 11 is 3.36. The van der Waals surface area contributed by atoms with Crippen molar-refractivity contribution in [1.29, 1.82) is 0 Å². The van der Waals surface area contributed by atoms with Crippen LogP contribution in [0.25, 0.3) is 11.1 Å². The lowest BCUT2D eigenvalue weighted by Crippen LogP contribution is -2.03. The van der Waals surface area contributed by atoms with E-state index < -0.39 is 5.76 Å². The predicted molar refractivity (Wildman–Crippen MR) is 79.1 cm³/mol. The first-order valence-corrected chi connectivity index (χ1v) is 6.77. The van der Waals surface area contributed by atoms with Gasteiger partial charge in [0.15, 0.2) is 11.4 Å². The lowest BCUT2D eigenvalue weighted by molar-refractivity contribution is 0.103. The Morgan fingerprint density at radius 3 is 2.80 bits per heavy atom. The zero-order valence-corrected chi connectivity index (χ0v) is 12.2. The molecule has 4 nitrogen and oxygen atoms in total. The molecular weight excluding hydrogens is 322 g/mol. The van der Waals surface area contributed by atoms with Crippen LogP contribution in [0.15, 0.2) is 50.1 Å². The van der Waals surface area contributed by atoms with Crippen molar-refractivity contribution in [1.82, 2.24) is 4.98 Å². The van der Waals surface area contributed by atoms with E-state index in [-0.39, 0.29) is 5.78 Å². The molecule has 0 aliphatic rings. The Morgan fingerprint density at radius 2 is 2.00 bits per heavy atom. The predicted octanol–water partition coefficient (Wildman–Crippen LogP) is 3.42. The molecule has 0 atom stereocenters. The first kappa shape index (κ1) is 12.9. The van der Waals surface area contributed by atoms with E-state index in [0.29, 0.717) is 22.2 Å². The highest BCUT2D eigenvalue weighted by Crippen LogP contribution is 2.21. The van der Waals surface area contributed by atoms with Gasteiger partial charge in [-0.15, -0.1) is 0 Å². The van der Waals surface area contributed by atoms with Crippen molar-refractivity contribution < 1.29 is 9.21 Å². The number of carbonyl (C=O) groups is 1. The smallest absolute Gasteiger partial charge is 0.408 e. The summed E-state index contributed by atoms with van der Waals surface area (Å²) < 4.78 is 5.82. The first-order chi connectivity index (χ1) is 9.54. The normalized spacial score (nSPS) is 10.9. The van der Waals surface area contributed by atoms with Crippen LogP contribution in [0.1, 0.15) is 21.5 Å². The SMILES string of the molecule is Cc1ccc(Br)cc1C(=O)c1ccc2[nH]c(=O)oc2c1. The number of nitrogens with one attached hydrogen (secondary N) is 1. The molecule has 0 aliphatic carbocycles. The van der Waals surface area contributed by atoms with Crippen molar-refractivity contribution >= 4 is 32.8 Å². The van der Waals surface area contributed by atoms with Crippen LogP contribution in [-0.4, -0.2) is 10.8 Å². The summed E-state index contributed by atoms with van der Waals surface area (Å²) in [5.74, 6) is -0.627. The van der Waals surface area contributed by atoms with Crippen molar-refractivity contribution in [3.8, 4) is 0 Å². The van der Waals surface area contributed by atoms with Crippen LogP contribution in [0.4, 0.5) is 0 Å². The quantitative estimate of drug-likeness (QED) is 0.732. The van der Waals surface area contributed by atoms with Gasteiger partial charge in [-0.2, -0.15) is 0 Å². The lowest BCUT2D eigenvalue weighted by atomic mass is 9.99. The van der Waals surface area contributed by atoms with Crippen LogP contribution in [0.3, 0.4) is 0 Å². The molecule has 5 heteroatoms. The van der Waals surface area contributed by atoms with Gasteiger partial charge in [0, 0.05) is 15.6 Å². The van der Waals surface area contributed by atoms with Gasteiger partial charge in [0.1, 0.15) is 0 Å². The number of aryl methyl sites for hydroxylation is 1. The van der Waals surface area contributed by atoms with Gasteiger partial charge in [-0.1, -0.05) is 22.0 Å². The zero-order chi connectivity index (χ0) is 14.3. The van der Waals surface area contributed by atoms with Gasteiger partial charge in [0.05, 0.1) is 5.52 Å². The molecule has 1 N–H and O–H groups in total. The minimum atomic E-state index is -0.525. The number of oxazole rings is 1. The van der Waals surface area contributed by atoms with E-state index in [1.165, 1.54) is 0 Å². The molecule has 3 aromatic rings. The second kappa shape index (κ2) is 4.76. The molecule has 20 heavy (non-hydrogen) atoms. The number of benzene rings is 2. The third kappa shape index (κ3) is 2.20. The monoisotopic (exact) mass is 331 g/mol. The molecule has 0 aliphatic heterocycles. The average molecular weight is 332 g/mol. The number of carbonyl (C=O) groups excluding carboxylic acids is 1. The standard InChI is InChI=1S/C15H10BrNO3/c1-8-2-4-10(16)7-11(8)14(18)9-3-5-12-13(6-9)20-15(19)17-12/h2-7H,1H3,(H,17,19). The highest BCUT2D eigenvalue weighted by atomic mass is 79.9. The van der Waals surface area contributed by atoms with Crippen molar-refractivity contribution in [3.05, 3.63) is 68.1 Å². The summed E-state index contributed by atoms with van der Waals surface area (Å²) in [5, 5.41) is 0. The molecule has 0 radical (unpaired) electrons. The van der Waals surface area contributed by atoms with Gasteiger partial charge in [0.2, 0.25) is 0 Å². The molecule has 3 rings (SSSR count). The van der Waals surface area contributed by atoms with Gasteiger partial charge >= 0.3 is 5.76 Å². The summed E-state index contributed by atoms with van der Waals surface area (Å²) in [7, 11) is 0. The lowest BCUT2D eigenvalue weighted by Gasteiger charge is -2.05. The Morgan fingerprint density at radius 1 is 1.20 bits per heavy atom. The molecule has 2 aromatic carbocycles. The minimum absolute atomic E-state index is 0.102. The Bertz CT molecular complexity index is 876.